The quantitative estimate of drug-likeness (QED) is 0.758. The Morgan fingerprint density at radius 3 is 2.18 bits per heavy atom. The normalized spacial score (nSPS) is 9.71. The van der Waals surface area contributed by atoms with Crippen LogP contribution in [0.15, 0.2) is 24.3 Å². The van der Waals surface area contributed by atoms with Crippen molar-refractivity contribution in [1.82, 2.24) is 0 Å². The minimum atomic E-state index is -1.10. The van der Waals surface area contributed by atoms with Crippen LogP contribution in [0.2, 0.25) is 0 Å². The van der Waals surface area contributed by atoms with Gasteiger partial charge < -0.3 is 19.8 Å². The Bertz CT molecular complexity index is 402. The maximum absolute atomic E-state index is 10.7. The lowest BCUT2D eigenvalue weighted by Gasteiger charge is -2.22. The van der Waals surface area contributed by atoms with E-state index in [-0.39, 0.29) is 0 Å². The maximum Gasteiger partial charge on any atom is 0.323 e. The van der Waals surface area contributed by atoms with Crippen LogP contribution < -0.4 is 9.64 Å². The Labute approximate surface area is 98.0 Å². The van der Waals surface area contributed by atoms with E-state index in [4.69, 9.17) is 14.9 Å². The molecule has 2 N–H and O–H groups in total. The molecule has 0 unspecified atom stereocenters. The second-order valence-corrected chi connectivity index (χ2v) is 3.32. The maximum atomic E-state index is 10.7. The molecule has 0 amide bonds. The number of ether oxygens (including phenoxy) is 1. The molecule has 0 aliphatic rings. The molecule has 92 valence electrons. The standard InChI is InChI=1S/C11H13NO5/c1-17-9-5-3-2-4-8(9)12(6-10(13)14)7-11(15)16/h2-5H,6-7H2,1H3,(H,13,14)(H,15,16). The zero-order valence-corrected chi connectivity index (χ0v) is 9.29. The van der Waals surface area contributed by atoms with E-state index in [0.29, 0.717) is 11.4 Å². The molecule has 0 saturated heterocycles. The number of rotatable bonds is 6. The van der Waals surface area contributed by atoms with Crippen molar-refractivity contribution in [3.8, 4) is 5.75 Å². The second-order valence-electron chi connectivity index (χ2n) is 3.32. The van der Waals surface area contributed by atoms with E-state index in [2.05, 4.69) is 0 Å². The van der Waals surface area contributed by atoms with Crippen molar-refractivity contribution in [2.75, 3.05) is 25.1 Å². The molecule has 0 spiro atoms. The van der Waals surface area contributed by atoms with E-state index in [9.17, 15) is 9.59 Å². The number of carbonyl (C=O) groups is 2. The van der Waals surface area contributed by atoms with Crippen LogP contribution in [0.4, 0.5) is 5.69 Å². The van der Waals surface area contributed by atoms with Crippen LogP contribution >= 0.6 is 0 Å². The summed E-state index contributed by atoms with van der Waals surface area (Å²) in [6.45, 7) is -0.792. The molecule has 17 heavy (non-hydrogen) atoms. The third-order valence-electron chi connectivity index (χ3n) is 2.08. The van der Waals surface area contributed by atoms with Crippen LogP contribution in [0.1, 0.15) is 0 Å². The topological polar surface area (TPSA) is 87.1 Å². The molecular formula is C11H13NO5. The fourth-order valence-corrected chi connectivity index (χ4v) is 1.44. The van der Waals surface area contributed by atoms with Gasteiger partial charge in [-0.2, -0.15) is 0 Å². The number of carboxylic acid groups (broad SMARTS) is 2. The molecule has 0 fully saturated rings. The second kappa shape index (κ2) is 5.74. The molecule has 6 heteroatoms. The van der Waals surface area contributed by atoms with Gasteiger partial charge in [-0.05, 0) is 12.1 Å². The fraction of sp³-hybridized carbons (Fsp3) is 0.273. The summed E-state index contributed by atoms with van der Waals surface area (Å²) in [4.78, 5) is 22.6. The minimum Gasteiger partial charge on any atom is -0.495 e. The summed E-state index contributed by atoms with van der Waals surface area (Å²) in [6.07, 6.45) is 0. The van der Waals surface area contributed by atoms with E-state index < -0.39 is 25.0 Å². The van der Waals surface area contributed by atoms with E-state index in [1.165, 1.54) is 12.0 Å². The molecule has 0 heterocycles. The summed E-state index contributed by atoms with van der Waals surface area (Å²) in [5, 5.41) is 17.5. The number of hydrogen-bond acceptors (Lipinski definition) is 4. The molecule has 0 aromatic heterocycles. The number of aliphatic carboxylic acids is 2. The summed E-state index contributed by atoms with van der Waals surface area (Å²) in [5.41, 5.74) is 0.444. The lowest BCUT2D eigenvalue weighted by molar-refractivity contribution is -0.136. The molecule has 1 rings (SSSR count). The van der Waals surface area contributed by atoms with Gasteiger partial charge in [-0.15, -0.1) is 0 Å². The molecule has 6 nitrogen and oxygen atoms in total. The van der Waals surface area contributed by atoms with Gasteiger partial charge in [-0.25, -0.2) is 0 Å². The van der Waals surface area contributed by atoms with Gasteiger partial charge in [0.1, 0.15) is 18.8 Å². The van der Waals surface area contributed by atoms with Gasteiger partial charge in [-0.3, -0.25) is 9.59 Å². The molecule has 0 saturated carbocycles. The Kier molecular flexibility index (Phi) is 4.33. The summed E-state index contributed by atoms with van der Waals surface area (Å²) >= 11 is 0. The van der Waals surface area contributed by atoms with Crippen LogP contribution in [-0.4, -0.2) is 42.4 Å². The summed E-state index contributed by atoms with van der Waals surface area (Å²) < 4.78 is 5.06. The third kappa shape index (κ3) is 3.67. The average molecular weight is 239 g/mol. The van der Waals surface area contributed by atoms with E-state index in [0.717, 1.165) is 0 Å². The smallest absolute Gasteiger partial charge is 0.323 e. The number of methoxy groups -OCH3 is 1. The first-order chi connectivity index (χ1) is 8.04. The van der Waals surface area contributed by atoms with Crippen LogP contribution in [0.3, 0.4) is 0 Å². The van der Waals surface area contributed by atoms with Gasteiger partial charge in [0, 0.05) is 0 Å². The van der Waals surface area contributed by atoms with Crippen LogP contribution in [-0.2, 0) is 9.59 Å². The summed E-state index contributed by atoms with van der Waals surface area (Å²) in [5.74, 6) is -1.76. The Morgan fingerprint density at radius 1 is 1.18 bits per heavy atom. The summed E-state index contributed by atoms with van der Waals surface area (Å²) in [6, 6.07) is 6.67. The highest BCUT2D eigenvalue weighted by Crippen LogP contribution is 2.27. The highest BCUT2D eigenvalue weighted by Gasteiger charge is 2.17. The molecule has 0 aliphatic heterocycles. The van der Waals surface area contributed by atoms with Crippen molar-refractivity contribution in [3.63, 3.8) is 0 Å². The minimum absolute atomic E-state index is 0.396. The van der Waals surface area contributed by atoms with Crippen LogP contribution in [0.5, 0.6) is 5.75 Å². The zero-order valence-electron chi connectivity index (χ0n) is 9.29. The third-order valence-corrected chi connectivity index (χ3v) is 2.08. The van der Waals surface area contributed by atoms with Crippen LogP contribution in [0.25, 0.3) is 0 Å². The summed E-state index contributed by atoms with van der Waals surface area (Å²) in [7, 11) is 1.44. The largest absolute Gasteiger partial charge is 0.495 e. The predicted octanol–water partition coefficient (Wildman–Crippen LogP) is 0.671. The number of benzene rings is 1. The highest BCUT2D eigenvalue weighted by molar-refractivity contribution is 5.80. The van der Waals surface area contributed by atoms with Gasteiger partial charge in [0.2, 0.25) is 0 Å². The monoisotopic (exact) mass is 239 g/mol. The SMILES string of the molecule is COc1ccccc1N(CC(=O)O)CC(=O)O. The van der Waals surface area contributed by atoms with Crippen molar-refractivity contribution >= 4 is 17.6 Å². The zero-order chi connectivity index (χ0) is 12.8. The van der Waals surface area contributed by atoms with Crippen molar-refractivity contribution in [3.05, 3.63) is 24.3 Å². The first-order valence-corrected chi connectivity index (χ1v) is 4.86. The average Bonchev–Trinajstić information content (AvgIpc) is 2.27. The van der Waals surface area contributed by atoms with Crippen molar-refractivity contribution in [2.45, 2.75) is 0 Å². The van der Waals surface area contributed by atoms with Gasteiger partial charge in [-0.1, -0.05) is 12.1 Å². The number of nitrogens with zero attached hydrogens (tertiary/aromatic N) is 1. The lowest BCUT2D eigenvalue weighted by Crippen LogP contribution is -2.34. The van der Waals surface area contributed by atoms with Gasteiger partial charge in [0.15, 0.2) is 0 Å². The highest BCUT2D eigenvalue weighted by atomic mass is 16.5. The van der Waals surface area contributed by atoms with E-state index in [1.807, 2.05) is 0 Å². The van der Waals surface area contributed by atoms with Gasteiger partial charge in [0.25, 0.3) is 0 Å². The van der Waals surface area contributed by atoms with Crippen molar-refractivity contribution in [2.24, 2.45) is 0 Å². The number of anilines is 1. The van der Waals surface area contributed by atoms with E-state index in [1.54, 1.807) is 24.3 Å². The van der Waals surface area contributed by atoms with E-state index >= 15 is 0 Å². The molecular weight excluding hydrogens is 226 g/mol. The first-order valence-electron chi connectivity index (χ1n) is 4.86. The Hall–Kier alpha value is -2.24. The molecule has 0 atom stereocenters. The first kappa shape index (κ1) is 12.8. The Balaban J connectivity index is 3.02. The van der Waals surface area contributed by atoms with Gasteiger partial charge in [0.05, 0.1) is 12.8 Å². The molecule has 0 aliphatic carbocycles. The molecule has 0 bridgehead atoms. The Morgan fingerprint density at radius 2 is 1.71 bits per heavy atom. The molecule has 1 aromatic rings. The fourth-order valence-electron chi connectivity index (χ4n) is 1.44. The number of hydrogen-bond donors (Lipinski definition) is 2. The van der Waals surface area contributed by atoms with Crippen molar-refractivity contribution in [1.29, 1.82) is 0 Å². The number of carboxylic acids is 2. The molecule has 1 aromatic carbocycles. The number of para-hydroxylation sites is 2. The predicted molar refractivity (Wildman–Crippen MR) is 60.5 cm³/mol. The lowest BCUT2D eigenvalue weighted by atomic mass is 10.2. The van der Waals surface area contributed by atoms with Crippen molar-refractivity contribution < 1.29 is 24.5 Å². The van der Waals surface area contributed by atoms with Gasteiger partial charge >= 0.3 is 11.9 Å². The molecule has 0 radical (unpaired) electrons. The van der Waals surface area contributed by atoms with Crippen LogP contribution in [0, 0.1) is 0 Å².